The first kappa shape index (κ1) is 20.8. The predicted molar refractivity (Wildman–Crippen MR) is 108 cm³/mol. The molecule has 1 fully saturated rings. The summed E-state index contributed by atoms with van der Waals surface area (Å²) >= 11 is 0. The molecule has 1 N–H and O–H groups in total. The summed E-state index contributed by atoms with van der Waals surface area (Å²) in [4.78, 5) is 2.17. The minimum absolute atomic E-state index is 0.188. The summed E-state index contributed by atoms with van der Waals surface area (Å²) in [6.07, 6.45) is 1.68. The van der Waals surface area contributed by atoms with Crippen molar-refractivity contribution in [2.24, 2.45) is 0 Å². The van der Waals surface area contributed by atoms with E-state index < -0.39 is 6.10 Å². The third-order valence-corrected chi connectivity index (χ3v) is 4.91. The lowest BCUT2D eigenvalue weighted by molar-refractivity contribution is 0.0313. The van der Waals surface area contributed by atoms with Crippen molar-refractivity contribution in [3.8, 4) is 5.75 Å². The summed E-state index contributed by atoms with van der Waals surface area (Å²) < 4.78 is 24.8. The lowest BCUT2D eigenvalue weighted by Crippen LogP contribution is -2.39. The molecular formula is C23H30FNO3. The molecule has 0 aromatic heterocycles. The molecule has 1 heterocycles. The first-order valence-electron chi connectivity index (χ1n) is 9.95. The zero-order valence-electron chi connectivity index (χ0n) is 16.7. The lowest BCUT2D eigenvalue weighted by Gasteiger charge is -2.27. The lowest BCUT2D eigenvalue weighted by atomic mass is 10.1. The summed E-state index contributed by atoms with van der Waals surface area (Å²) in [5.41, 5.74) is 3.29. The molecule has 152 valence electrons. The van der Waals surface area contributed by atoms with E-state index >= 15 is 0 Å². The fourth-order valence-electron chi connectivity index (χ4n) is 3.69. The SMILES string of the molecule is Cc1cc(C)cc(OCC(O)CN(Cc2ccc(F)cc2)CC2CCCO2)c1. The number of rotatable bonds is 9. The maximum Gasteiger partial charge on any atom is 0.123 e. The first-order valence-corrected chi connectivity index (χ1v) is 9.95. The third kappa shape index (κ3) is 6.59. The molecule has 0 amide bonds. The number of halogens is 1. The Bertz CT molecular complexity index is 724. The molecule has 0 spiro atoms. The van der Waals surface area contributed by atoms with Crippen LogP contribution in [0.15, 0.2) is 42.5 Å². The molecule has 2 unspecified atom stereocenters. The zero-order valence-corrected chi connectivity index (χ0v) is 16.7. The number of aliphatic hydroxyl groups excluding tert-OH is 1. The van der Waals surface area contributed by atoms with Crippen LogP contribution in [0.3, 0.4) is 0 Å². The fourth-order valence-corrected chi connectivity index (χ4v) is 3.69. The highest BCUT2D eigenvalue weighted by atomic mass is 19.1. The van der Waals surface area contributed by atoms with E-state index in [1.165, 1.54) is 12.1 Å². The molecule has 2 aromatic rings. The smallest absolute Gasteiger partial charge is 0.123 e. The van der Waals surface area contributed by atoms with E-state index in [1.807, 2.05) is 26.0 Å². The van der Waals surface area contributed by atoms with Gasteiger partial charge >= 0.3 is 0 Å². The molecule has 2 aromatic carbocycles. The third-order valence-electron chi connectivity index (χ3n) is 4.91. The highest BCUT2D eigenvalue weighted by molar-refractivity contribution is 5.33. The van der Waals surface area contributed by atoms with Gasteiger partial charge in [0, 0.05) is 26.2 Å². The zero-order chi connectivity index (χ0) is 19.9. The van der Waals surface area contributed by atoms with Crippen molar-refractivity contribution in [1.82, 2.24) is 4.90 Å². The molecule has 0 saturated carbocycles. The molecule has 5 heteroatoms. The van der Waals surface area contributed by atoms with Crippen molar-refractivity contribution in [2.75, 3.05) is 26.3 Å². The van der Waals surface area contributed by atoms with Crippen molar-refractivity contribution in [3.05, 3.63) is 65.0 Å². The van der Waals surface area contributed by atoms with E-state index in [4.69, 9.17) is 9.47 Å². The van der Waals surface area contributed by atoms with Gasteiger partial charge in [-0.3, -0.25) is 4.90 Å². The normalized spacial score (nSPS) is 17.8. The Labute approximate surface area is 166 Å². The topological polar surface area (TPSA) is 41.9 Å². The highest BCUT2D eigenvalue weighted by Gasteiger charge is 2.21. The Morgan fingerprint density at radius 2 is 1.89 bits per heavy atom. The minimum Gasteiger partial charge on any atom is -0.491 e. The van der Waals surface area contributed by atoms with Gasteiger partial charge in [-0.25, -0.2) is 4.39 Å². The van der Waals surface area contributed by atoms with Crippen LogP contribution in [-0.2, 0) is 11.3 Å². The van der Waals surface area contributed by atoms with Crippen LogP contribution < -0.4 is 4.74 Å². The van der Waals surface area contributed by atoms with E-state index in [-0.39, 0.29) is 18.5 Å². The second-order valence-electron chi connectivity index (χ2n) is 7.74. The second-order valence-corrected chi connectivity index (χ2v) is 7.74. The van der Waals surface area contributed by atoms with E-state index in [1.54, 1.807) is 12.1 Å². The summed E-state index contributed by atoms with van der Waals surface area (Å²) in [7, 11) is 0. The van der Waals surface area contributed by atoms with Crippen LogP contribution in [0, 0.1) is 19.7 Å². The Morgan fingerprint density at radius 3 is 2.54 bits per heavy atom. The van der Waals surface area contributed by atoms with Gasteiger partial charge < -0.3 is 14.6 Å². The average Bonchev–Trinajstić information content (AvgIpc) is 3.14. The van der Waals surface area contributed by atoms with Crippen LogP contribution in [0.5, 0.6) is 5.75 Å². The Kier molecular flexibility index (Phi) is 7.43. The monoisotopic (exact) mass is 387 g/mol. The molecule has 1 saturated heterocycles. The fraction of sp³-hybridized carbons (Fsp3) is 0.478. The van der Waals surface area contributed by atoms with Crippen LogP contribution >= 0.6 is 0 Å². The van der Waals surface area contributed by atoms with Gasteiger partial charge in [0.05, 0.1) is 6.10 Å². The van der Waals surface area contributed by atoms with Crippen molar-refractivity contribution in [3.63, 3.8) is 0 Å². The van der Waals surface area contributed by atoms with E-state index in [9.17, 15) is 9.50 Å². The average molecular weight is 387 g/mol. The van der Waals surface area contributed by atoms with Crippen molar-refractivity contribution < 1.29 is 19.0 Å². The van der Waals surface area contributed by atoms with E-state index in [0.717, 1.165) is 48.4 Å². The summed E-state index contributed by atoms with van der Waals surface area (Å²) in [6.45, 7) is 6.95. The molecule has 2 atom stereocenters. The van der Waals surface area contributed by atoms with Gasteiger partial charge in [0.1, 0.15) is 24.3 Å². The maximum absolute atomic E-state index is 13.2. The van der Waals surface area contributed by atoms with Crippen LogP contribution in [0.4, 0.5) is 4.39 Å². The van der Waals surface area contributed by atoms with Crippen LogP contribution in [0.2, 0.25) is 0 Å². The molecule has 4 nitrogen and oxygen atoms in total. The van der Waals surface area contributed by atoms with E-state index in [0.29, 0.717) is 13.1 Å². The van der Waals surface area contributed by atoms with Crippen molar-refractivity contribution in [1.29, 1.82) is 0 Å². The second kappa shape index (κ2) is 10.0. The predicted octanol–water partition coefficient (Wildman–Crippen LogP) is 3.86. The number of hydrogen-bond acceptors (Lipinski definition) is 4. The summed E-state index contributed by atoms with van der Waals surface area (Å²) in [5.74, 6) is 0.539. The number of nitrogens with zero attached hydrogens (tertiary/aromatic N) is 1. The Hall–Kier alpha value is -1.95. The Morgan fingerprint density at radius 1 is 1.18 bits per heavy atom. The number of aliphatic hydroxyl groups is 1. The number of hydrogen-bond donors (Lipinski definition) is 1. The Balaban J connectivity index is 1.57. The molecular weight excluding hydrogens is 357 g/mol. The number of ether oxygens (including phenoxy) is 2. The van der Waals surface area contributed by atoms with Crippen LogP contribution in [0.25, 0.3) is 0 Å². The van der Waals surface area contributed by atoms with Gasteiger partial charge in [0.25, 0.3) is 0 Å². The quantitative estimate of drug-likeness (QED) is 0.709. The van der Waals surface area contributed by atoms with Crippen molar-refractivity contribution >= 4 is 0 Å². The van der Waals surface area contributed by atoms with Crippen molar-refractivity contribution in [2.45, 2.75) is 45.4 Å². The largest absolute Gasteiger partial charge is 0.491 e. The molecule has 1 aliphatic rings. The maximum atomic E-state index is 13.2. The summed E-state index contributed by atoms with van der Waals surface area (Å²) in [6, 6.07) is 12.6. The summed E-state index contributed by atoms with van der Waals surface area (Å²) in [5, 5.41) is 10.5. The first-order chi connectivity index (χ1) is 13.5. The molecule has 0 radical (unpaired) electrons. The van der Waals surface area contributed by atoms with Crippen LogP contribution in [0.1, 0.15) is 29.5 Å². The van der Waals surface area contributed by atoms with Gasteiger partial charge in [-0.05, 0) is 67.6 Å². The van der Waals surface area contributed by atoms with Gasteiger partial charge in [0.2, 0.25) is 0 Å². The number of benzene rings is 2. The van der Waals surface area contributed by atoms with Gasteiger partial charge in [-0.2, -0.15) is 0 Å². The van der Waals surface area contributed by atoms with Crippen LogP contribution in [-0.4, -0.2) is 48.5 Å². The molecule has 28 heavy (non-hydrogen) atoms. The van der Waals surface area contributed by atoms with E-state index in [2.05, 4.69) is 11.0 Å². The van der Waals surface area contributed by atoms with Gasteiger partial charge in [0.15, 0.2) is 0 Å². The minimum atomic E-state index is -0.623. The molecule has 0 bridgehead atoms. The molecule has 1 aliphatic heterocycles. The molecule has 3 rings (SSSR count). The van der Waals surface area contributed by atoms with Gasteiger partial charge in [-0.15, -0.1) is 0 Å². The molecule has 0 aliphatic carbocycles. The van der Waals surface area contributed by atoms with Gasteiger partial charge in [-0.1, -0.05) is 18.2 Å². The highest BCUT2D eigenvalue weighted by Crippen LogP contribution is 2.18. The standard InChI is InChI=1S/C23H30FNO3/c1-17-10-18(2)12-23(11-17)28-16-21(26)14-25(15-22-4-3-9-27-22)13-19-5-7-20(24)8-6-19/h5-8,10-12,21-22,26H,3-4,9,13-16H2,1-2H3. The number of aryl methyl sites for hydroxylation is 2.